The van der Waals surface area contributed by atoms with Gasteiger partial charge in [0.1, 0.15) is 5.58 Å². The predicted octanol–water partition coefficient (Wildman–Crippen LogP) is 3.40. The summed E-state index contributed by atoms with van der Waals surface area (Å²) in [5, 5.41) is 3.49. The van der Waals surface area contributed by atoms with Gasteiger partial charge in [-0.15, -0.1) is 0 Å². The lowest BCUT2D eigenvalue weighted by atomic mass is 10.0. The molecule has 0 spiro atoms. The van der Waals surface area contributed by atoms with Crippen molar-refractivity contribution in [3.8, 4) is 0 Å². The van der Waals surface area contributed by atoms with Crippen molar-refractivity contribution in [1.29, 1.82) is 0 Å². The van der Waals surface area contributed by atoms with E-state index in [4.69, 9.17) is 9.15 Å². The minimum Gasteiger partial charge on any atom is -0.464 e. The van der Waals surface area contributed by atoms with E-state index in [2.05, 4.69) is 12.2 Å². The summed E-state index contributed by atoms with van der Waals surface area (Å²) in [6, 6.07) is 14.6. The zero-order chi connectivity index (χ0) is 21.5. The molecule has 0 saturated carbocycles. The number of carbonyl (C=O) groups is 3. The molecule has 1 aromatic heterocycles. The number of rotatable bonds is 9. The van der Waals surface area contributed by atoms with Crippen LogP contribution in [0.1, 0.15) is 30.5 Å². The van der Waals surface area contributed by atoms with Crippen LogP contribution in [0.4, 0.5) is 0 Å². The summed E-state index contributed by atoms with van der Waals surface area (Å²) in [4.78, 5) is 36.2. The number of furan rings is 1. The quantitative estimate of drug-likeness (QED) is 0.550. The van der Waals surface area contributed by atoms with E-state index < -0.39 is 24.5 Å². The number of ketones is 1. The fourth-order valence-corrected chi connectivity index (χ4v) is 3.22. The lowest BCUT2D eigenvalue weighted by molar-refractivity contribution is -0.148. The highest BCUT2D eigenvalue weighted by atomic mass is 16.5. The van der Waals surface area contributed by atoms with Crippen molar-refractivity contribution >= 4 is 28.6 Å². The Kier molecular flexibility index (Phi) is 7.01. The first-order valence-corrected chi connectivity index (χ1v) is 9.94. The third-order valence-corrected chi connectivity index (χ3v) is 4.94. The van der Waals surface area contributed by atoms with Gasteiger partial charge in [0.2, 0.25) is 0 Å². The van der Waals surface area contributed by atoms with Gasteiger partial charge in [0.05, 0.1) is 18.7 Å². The largest absolute Gasteiger partial charge is 0.464 e. The molecule has 0 fully saturated rings. The maximum Gasteiger partial charge on any atom is 0.310 e. The summed E-state index contributed by atoms with van der Waals surface area (Å²) in [5.74, 6) is -1.20. The Hall–Kier alpha value is -3.41. The fraction of sp³-hybridized carbons (Fsp3) is 0.292. The van der Waals surface area contributed by atoms with E-state index in [0.717, 1.165) is 28.5 Å². The summed E-state index contributed by atoms with van der Waals surface area (Å²) in [5.41, 5.74) is 3.52. The smallest absolute Gasteiger partial charge is 0.310 e. The average Bonchev–Trinajstić information content (AvgIpc) is 3.14. The van der Waals surface area contributed by atoms with Crippen molar-refractivity contribution < 1.29 is 23.5 Å². The first-order valence-electron chi connectivity index (χ1n) is 9.94. The Balaban J connectivity index is 1.52. The van der Waals surface area contributed by atoms with Gasteiger partial charge < -0.3 is 14.5 Å². The molecule has 6 nitrogen and oxygen atoms in total. The van der Waals surface area contributed by atoms with Gasteiger partial charge in [0, 0.05) is 10.9 Å². The fourth-order valence-electron chi connectivity index (χ4n) is 3.22. The summed E-state index contributed by atoms with van der Waals surface area (Å²) in [7, 11) is 0. The second-order valence-corrected chi connectivity index (χ2v) is 7.20. The van der Waals surface area contributed by atoms with Gasteiger partial charge in [-0.2, -0.15) is 0 Å². The van der Waals surface area contributed by atoms with E-state index in [1.54, 1.807) is 0 Å². The number of Topliss-reactive ketones (excluding diaryl/α,β-unsaturated/α-hetero) is 1. The van der Waals surface area contributed by atoms with Gasteiger partial charge in [-0.3, -0.25) is 14.4 Å². The lowest BCUT2D eigenvalue weighted by Crippen LogP contribution is -2.43. The molecule has 1 heterocycles. The SMILES string of the molecule is CCc1ccc2c(CC(=O)OCC(=O)N[C@H](Cc3ccccc3)C(C)=O)coc2c1. The Labute approximate surface area is 175 Å². The number of carbonyl (C=O) groups excluding carboxylic acids is 3. The van der Waals surface area contributed by atoms with Gasteiger partial charge in [0.15, 0.2) is 12.4 Å². The first-order chi connectivity index (χ1) is 14.5. The molecule has 0 unspecified atom stereocenters. The second-order valence-electron chi connectivity index (χ2n) is 7.20. The Morgan fingerprint density at radius 1 is 1.07 bits per heavy atom. The van der Waals surface area contributed by atoms with E-state index in [1.165, 1.54) is 13.2 Å². The van der Waals surface area contributed by atoms with Crippen LogP contribution >= 0.6 is 0 Å². The van der Waals surface area contributed by atoms with Crippen LogP contribution in [0, 0.1) is 0 Å². The zero-order valence-electron chi connectivity index (χ0n) is 17.1. The van der Waals surface area contributed by atoms with Crippen LogP contribution < -0.4 is 5.32 Å². The molecule has 0 saturated heterocycles. The number of nitrogens with one attached hydrogen (secondary N) is 1. The van der Waals surface area contributed by atoms with E-state index in [1.807, 2.05) is 48.5 Å². The maximum absolute atomic E-state index is 12.2. The normalized spacial score (nSPS) is 11.8. The van der Waals surface area contributed by atoms with Gasteiger partial charge in [0.25, 0.3) is 5.91 Å². The van der Waals surface area contributed by atoms with Crippen LogP contribution in [0.15, 0.2) is 59.2 Å². The van der Waals surface area contributed by atoms with E-state index >= 15 is 0 Å². The van der Waals surface area contributed by atoms with Crippen LogP contribution in [0.5, 0.6) is 0 Å². The topological polar surface area (TPSA) is 85.6 Å². The summed E-state index contributed by atoms with van der Waals surface area (Å²) >= 11 is 0. The van der Waals surface area contributed by atoms with Crippen LogP contribution in [0.25, 0.3) is 11.0 Å². The molecule has 3 aromatic rings. The van der Waals surface area contributed by atoms with Crippen LogP contribution in [0.2, 0.25) is 0 Å². The molecular weight excluding hydrogens is 382 g/mol. The van der Waals surface area contributed by atoms with Crippen molar-refractivity contribution in [2.45, 2.75) is 39.2 Å². The molecule has 0 aliphatic rings. The molecule has 2 aromatic carbocycles. The van der Waals surface area contributed by atoms with Gasteiger partial charge >= 0.3 is 5.97 Å². The molecule has 6 heteroatoms. The van der Waals surface area contributed by atoms with E-state index in [-0.39, 0.29) is 12.2 Å². The monoisotopic (exact) mass is 407 g/mol. The third-order valence-electron chi connectivity index (χ3n) is 4.94. The minimum absolute atomic E-state index is 0.00586. The third kappa shape index (κ3) is 5.56. The lowest BCUT2D eigenvalue weighted by Gasteiger charge is -2.16. The molecule has 1 atom stereocenters. The maximum atomic E-state index is 12.2. The molecule has 1 N–H and O–H groups in total. The standard InChI is InChI=1S/C24H25NO5/c1-3-17-9-10-20-19(14-29-22(20)12-17)13-24(28)30-15-23(27)25-21(16(2)26)11-18-7-5-4-6-8-18/h4-10,12,14,21H,3,11,13,15H2,1-2H3,(H,25,27)/t21-/m1/s1. The highest BCUT2D eigenvalue weighted by molar-refractivity contribution is 5.90. The Bertz CT molecular complexity index is 1040. The number of benzene rings is 2. The molecular formula is C24H25NO5. The molecule has 0 aliphatic carbocycles. The molecule has 0 aliphatic heterocycles. The van der Waals surface area contributed by atoms with Crippen molar-refractivity contribution in [3.05, 3.63) is 71.5 Å². The van der Waals surface area contributed by atoms with Crippen molar-refractivity contribution in [3.63, 3.8) is 0 Å². The zero-order valence-corrected chi connectivity index (χ0v) is 17.1. The molecule has 30 heavy (non-hydrogen) atoms. The highest BCUT2D eigenvalue weighted by Gasteiger charge is 2.19. The Morgan fingerprint density at radius 3 is 2.53 bits per heavy atom. The number of ether oxygens (including phenoxy) is 1. The van der Waals surface area contributed by atoms with Crippen LogP contribution in [-0.4, -0.2) is 30.3 Å². The van der Waals surface area contributed by atoms with Crippen LogP contribution in [-0.2, 0) is 38.4 Å². The van der Waals surface area contributed by atoms with Gasteiger partial charge in [-0.05, 0) is 37.0 Å². The number of hydrogen-bond acceptors (Lipinski definition) is 5. The summed E-state index contributed by atoms with van der Waals surface area (Å²) in [6.07, 6.45) is 2.83. The molecule has 0 bridgehead atoms. The molecule has 1 amide bonds. The second kappa shape index (κ2) is 9.87. The summed E-state index contributed by atoms with van der Waals surface area (Å²) in [6.45, 7) is 3.05. The van der Waals surface area contributed by atoms with E-state index in [0.29, 0.717) is 12.0 Å². The molecule has 3 rings (SSSR count). The van der Waals surface area contributed by atoms with Gasteiger partial charge in [-0.25, -0.2) is 0 Å². The van der Waals surface area contributed by atoms with Crippen LogP contribution in [0.3, 0.4) is 0 Å². The number of fused-ring (bicyclic) bond motifs is 1. The first kappa shape index (κ1) is 21.3. The van der Waals surface area contributed by atoms with Crippen molar-refractivity contribution in [2.75, 3.05) is 6.61 Å². The number of aryl methyl sites for hydroxylation is 1. The number of esters is 1. The average molecular weight is 407 g/mol. The Morgan fingerprint density at radius 2 is 1.83 bits per heavy atom. The number of hydrogen-bond donors (Lipinski definition) is 1. The van der Waals surface area contributed by atoms with E-state index in [9.17, 15) is 14.4 Å². The van der Waals surface area contributed by atoms with Crippen molar-refractivity contribution in [2.24, 2.45) is 0 Å². The minimum atomic E-state index is -0.663. The number of amides is 1. The summed E-state index contributed by atoms with van der Waals surface area (Å²) < 4.78 is 10.6. The van der Waals surface area contributed by atoms with Gasteiger partial charge in [-0.1, -0.05) is 49.4 Å². The predicted molar refractivity (Wildman–Crippen MR) is 113 cm³/mol. The highest BCUT2D eigenvalue weighted by Crippen LogP contribution is 2.23. The van der Waals surface area contributed by atoms with Crippen molar-refractivity contribution in [1.82, 2.24) is 5.32 Å². The molecule has 156 valence electrons. The molecule has 0 radical (unpaired) electrons.